The molecule has 1 atom stereocenters. The van der Waals surface area contributed by atoms with Crippen molar-refractivity contribution in [3.63, 3.8) is 0 Å². The third-order valence-electron chi connectivity index (χ3n) is 4.95. The molecule has 0 unspecified atom stereocenters. The van der Waals surface area contributed by atoms with Gasteiger partial charge < -0.3 is 9.47 Å². The Morgan fingerprint density at radius 2 is 2.00 bits per heavy atom. The van der Waals surface area contributed by atoms with Gasteiger partial charge in [0.15, 0.2) is 11.5 Å². The van der Waals surface area contributed by atoms with E-state index in [4.69, 9.17) is 14.5 Å². The Bertz CT molecular complexity index is 1230. The van der Waals surface area contributed by atoms with Crippen molar-refractivity contribution in [2.75, 3.05) is 7.11 Å². The van der Waals surface area contributed by atoms with Crippen LogP contribution in [0.5, 0.6) is 11.5 Å². The van der Waals surface area contributed by atoms with Crippen molar-refractivity contribution in [1.29, 1.82) is 0 Å². The molecule has 0 bridgehead atoms. The van der Waals surface area contributed by atoms with Gasteiger partial charge in [-0.15, -0.1) is 0 Å². The van der Waals surface area contributed by atoms with E-state index in [1.165, 1.54) is 4.68 Å². The molecule has 32 heavy (non-hydrogen) atoms. The van der Waals surface area contributed by atoms with E-state index in [1.54, 1.807) is 19.4 Å². The lowest BCUT2D eigenvalue weighted by Gasteiger charge is -2.21. The van der Waals surface area contributed by atoms with Crippen LogP contribution < -0.4 is 15.0 Å². The zero-order valence-corrected chi connectivity index (χ0v) is 22.8. The maximum absolute atomic E-state index is 13.3. The van der Waals surface area contributed by atoms with Crippen LogP contribution in [0.25, 0.3) is 10.9 Å². The van der Waals surface area contributed by atoms with Crippen LogP contribution in [0, 0.1) is 3.57 Å². The summed E-state index contributed by atoms with van der Waals surface area (Å²) >= 11 is 5.66. The highest BCUT2D eigenvalue weighted by atomic mass is 127. The van der Waals surface area contributed by atoms with Crippen molar-refractivity contribution in [3.8, 4) is 11.5 Å². The second kappa shape index (κ2) is 9.91. The van der Waals surface area contributed by atoms with Crippen LogP contribution in [0.2, 0.25) is 0 Å². The summed E-state index contributed by atoms with van der Waals surface area (Å²) in [5.74, 6) is 1.93. The van der Waals surface area contributed by atoms with Gasteiger partial charge in [0.2, 0.25) is 0 Å². The SMILES string of the molecule is CC[C@H](C)Oc1c(I)cc(C=Nn2c(C(C)(C)C)nc3ccc(Br)cc3c2=O)cc1OC. The highest BCUT2D eigenvalue weighted by Crippen LogP contribution is 2.34. The van der Waals surface area contributed by atoms with Gasteiger partial charge in [-0.25, -0.2) is 4.98 Å². The molecule has 6 nitrogen and oxygen atoms in total. The maximum Gasteiger partial charge on any atom is 0.282 e. The Kier molecular flexibility index (Phi) is 7.65. The summed E-state index contributed by atoms with van der Waals surface area (Å²) in [4.78, 5) is 18.1. The largest absolute Gasteiger partial charge is 0.493 e. The molecule has 0 aliphatic rings. The number of methoxy groups -OCH3 is 1. The zero-order chi connectivity index (χ0) is 23.6. The second-order valence-electron chi connectivity index (χ2n) is 8.58. The zero-order valence-electron chi connectivity index (χ0n) is 19.1. The summed E-state index contributed by atoms with van der Waals surface area (Å²) in [5.41, 5.74) is 0.856. The van der Waals surface area contributed by atoms with Crippen molar-refractivity contribution in [1.82, 2.24) is 9.66 Å². The van der Waals surface area contributed by atoms with E-state index in [0.717, 1.165) is 20.0 Å². The Hall–Kier alpha value is -1.94. The average molecular weight is 612 g/mol. The molecular formula is C24H27BrIN3O3. The molecule has 0 saturated heterocycles. The molecule has 3 rings (SSSR count). The molecule has 0 N–H and O–H groups in total. The Balaban J connectivity index is 2.13. The molecule has 3 aromatic rings. The number of rotatable bonds is 6. The van der Waals surface area contributed by atoms with E-state index >= 15 is 0 Å². The van der Waals surface area contributed by atoms with E-state index in [0.29, 0.717) is 28.2 Å². The number of hydrogen-bond acceptors (Lipinski definition) is 5. The highest BCUT2D eigenvalue weighted by molar-refractivity contribution is 14.1. The van der Waals surface area contributed by atoms with Crippen LogP contribution in [0.1, 0.15) is 52.4 Å². The van der Waals surface area contributed by atoms with Crippen molar-refractivity contribution in [2.24, 2.45) is 5.10 Å². The molecule has 0 spiro atoms. The van der Waals surface area contributed by atoms with Gasteiger partial charge in [-0.05, 0) is 71.8 Å². The van der Waals surface area contributed by atoms with Crippen LogP contribution in [-0.2, 0) is 5.41 Å². The molecule has 1 aromatic heterocycles. The molecule has 1 heterocycles. The smallest absolute Gasteiger partial charge is 0.282 e. The first-order valence-corrected chi connectivity index (χ1v) is 12.2. The van der Waals surface area contributed by atoms with Gasteiger partial charge in [0, 0.05) is 9.89 Å². The number of ether oxygens (including phenoxy) is 2. The topological polar surface area (TPSA) is 65.7 Å². The summed E-state index contributed by atoms with van der Waals surface area (Å²) in [6.45, 7) is 10.1. The molecule has 0 aliphatic carbocycles. The number of aromatic nitrogens is 2. The summed E-state index contributed by atoms with van der Waals surface area (Å²) in [6, 6.07) is 9.31. The Morgan fingerprint density at radius 1 is 1.28 bits per heavy atom. The fourth-order valence-corrected chi connectivity index (χ4v) is 4.19. The predicted octanol–water partition coefficient (Wildman–Crippen LogP) is 6.13. The third-order valence-corrected chi connectivity index (χ3v) is 6.24. The van der Waals surface area contributed by atoms with Crippen LogP contribution in [0.3, 0.4) is 0 Å². The number of benzene rings is 2. The van der Waals surface area contributed by atoms with Gasteiger partial charge in [0.25, 0.3) is 5.56 Å². The first-order chi connectivity index (χ1) is 15.0. The lowest BCUT2D eigenvalue weighted by Crippen LogP contribution is -2.29. The van der Waals surface area contributed by atoms with Gasteiger partial charge in [0.05, 0.1) is 33.9 Å². The first-order valence-electron chi connectivity index (χ1n) is 10.4. The molecule has 0 saturated carbocycles. The molecule has 0 radical (unpaired) electrons. The van der Waals surface area contributed by atoms with E-state index < -0.39 is 0 Å². The van der Waals surface area contributed by atoms with Gasteiger partial charge >= 0.3 is 0 Å². The number of fused-ring (bicyclic) bond motifs is 1. The van der Waals surface area contributed by atoms with Gasteiger partial charge in [-0.3, -0.25) is 4.79 Å². The van der Waals surface area contributed by atoms with Crippen LogP contribution in [-0.4, -0.2) is 29.1 Å². The van der Waals surface area contributed by atoms with Crippen LogP contribution in [0.15, 0.2) is 44.7 Å². The fraction of sp³-hybridized carbons (Fsp3) is 0.375. The van der Waals surface area contributed by atoms with Crippen molar-refractivity contribution < 1.29 is 9.47 Å². The molecule has 8 heteroatoms. The van der Waals surface area contributed by atoms with E-state index in [-0.39, 0.29) is 17.1 Å². The number of hydrogen-bond donors (Lipinski definition) is 0. The van der Waals surface area contributed by atoms with E-state index in [2.05, 4.69) is 50.5 Å². The minimum Gasteiger partial charge on any atom is -0.493 e. The Morgan fingerprint density at radius 3 is 2.62 bits per heavy atom. The third kappa shape index (κ3) is 5.33. The van der Waals surface area contributed by atoms with E-state index in [9.17, 15) is 4.79 Å². The maximum atomic E-state index is 13.3. The first kappa shape index (κ1) is 24.7. The lowest BCUT2D eigenvalue weighted by atomic mass is 9.95. The van der Waals surface area contributed by atoms with Gasteiger partial charge in [-0.2, -0.15) is 9.78 Å². The minimum atomic E-state index is -0.377. The molecule has 0 aliphatic heterocycles. The van der Waals surface area contributed by atoms with Crippen LogP contribution >= 0.6 is 38.5 Å². The summed E-state index contributed by atoms with van der Waals surface area (Å²) in [5, 5.41) is 5.06. The van der Waals surface area contributed by atoms with Crippen molar-refractivity contribution in [3.05, 3.63) is 60.1 Å². The lowest BCUT2D eigenvalue weighted by molar-refractivity contribution is 0.206. The second-order valence-corrected chi connectivity index (χ2v) is 10.7. The molecule has 0 fully saturated rings. The van der Waals surface area contributed by atoms with Crippen LogP contribution in [0.4, 0.5) is 0 Å². The normalized spacial score (nSPS) is 13.0. The number of halogens is 2. The van der Waals surface area contributed by atoms with Gasteiger partial charge in [0.1, 0.15) is 5.82 Å². The average Bonchev–Trinajstić information content (AvgIpc) is 2.73. The summed E-state index contributed by atoms with van der Waals surface area (Å²) in [7, 11) is 1.61. The van der Waals surface area contributed by atoms with Crippen molar-refractivity contribution >= 4 is 55.6 Å². The quantitative estimate of drug-likeness (QED) is 0.248. The molecule has 2 aromatic carbocycles. The molecule has 0 amide bonds. The molecular weight excluding hydrogens is 585 g/mol. The Labute approximate surface area is 210 Å². The number of nitrogens with zero attached hydrogens (tertiary/aromatic N) is 3. The monoisotopic (exact) mass is 611 g/mol. The predicted molar refractivity (Wildman–Crippen MR) is 141 cm³/mol. The summed E-state index contributed by atoms with van der Waals surface area (Å²) < 4.78 is 14.7. The van der Waals surface area contributed by atoms with Crippen molar-refractivity contribution in [2.45, 2.75) is 52.6 Å². The molecule has 170 valence electrons. The standard InChI is InChI=1S/C24H27BrIN3O3/c1-7-14(2)32-21-18(26)10-15(11-20(21)31-6)13-27-29-22(30)17-12-16(25)8-9-19(17)28-23(29)24(3,4)5/h8-14H,7H2,1-6H3/t14-/m0/s1. The highest BCUT2D eigenvalue weighted by Gasteiger charge is 2.23. The fourth-order valence-electron chi connectivity index (χ4n) is 3.08. The summed E-state index contributed by atoms with van der Waals surface area (Å²) in [6.07, 6.45) is 2.62. The minimum absolute atomic E-state index is 0.0767. The van der Waals surface area contributed by atoms with E-state index in [1.807, 2.05) is 52.0 Å². The van der Waals surface area contributed by atoms with Gasteiger partial charge in [-0.1, -0.05) is 43.6 Å².